The molecule has 0 radical (unpaired) electrons. The smallest absolute Gasteiger partial charge is 0.398 e. The summed E-state index contributed by atoms with van der Waals surface area (Å²) in [6.07, 6.45) is 0. The van der Waals surface area contributed by atoms with Crippen LogP contribution in [0.15, 0.2) is 158 Å². The van der Waals surface area contributed by atoms with E-state index in [0.29, 0.717) is 0 Å². The SMILES string of the molecule is Nc1ccc2cc(S(=O)(=O)O)cc(O)c2c1/N=N/c1ccc(/N=N/c2cc(/N=N/c3ccc(S(=O)(=O)CCOS(=O)(=O)O)cc3)c(N)c(/N=N/c3ccc(S(=O)(=O)COS(=O)(=O)O)cc3)c2N)cc1S(=O)(=O)O. The Kier molecular flexibility index (Phi) is 15.8. The fraction of sp³-hybridized carbons (Fsp3) is 0.0811. The third-order valence-corrected chi connectivity index (χ3v) is 15.2. The number of phenols is 1. The molecule has 0 unspecified atom stereocenters. The number of benzene rings is 6. The van der Waals surface area contributed by atoms with Crippen molar-refractivity contribution in [2.75, 3.05) is 35.5 Å². The molecule has 73 heavy (non-hydrogen) atoms. The summed E-state index contributed by atoms with van der Waals surface area (Å²) in [5.74, 6) is -2.95. The molecule has 0 spiro atoms. The lowest BCUT2D eigenvalue weighted by atomic mass is 10.1. The quantitative estimate of drug-likeness (QED) is 0.0241. The van der Waals surface area contributed by atoms with Gasteiger partial charge in [-0.3, -0.25) is 18.2 Å². The summed E-state index contributed by atoms with van der Waals surface area (Å²) >= 11 is 0. The van der Waals surface area contributed by atoms with Gasteiger partial charge in [-0.2, -0.15) is 49.0 Å². The fourth-order valence-electron chi connectivity index (χ4n) is 5.91. The van der Waals surface area contributed by atoms with Gasteiger partial charge in [-0.05, 0) is 90.3 Å². The average molecular weight is 1130 g/mol. The molecule has 36 heteroatoms. The first-order valence-electron chi connectivity index (χ1n) is 19.2. The molecule has 0 aromatic heterocycles. The van der Waals surface area contributed by atoms with E-state index in [-0.39, 0.29) is 72.5 Å². The highest BCUT2D eigenvalue weighted by Gasteiger charge is 2.22. The molecule has 6 rings (SSSR count). The van der Waals surface area contributed by atoms with Crippen LogP contribution in [-0.2, 0) is 69.1 Å². The van der Waals surface area contributed by atoms with Crippen LogP contribution in [0.25, 0.3) is 10.8 Å². The molecular weight excluding hydrogens is 1090 g/mol. The number of nitrogen functional groups attached to an aromatic ring is 3. The first-order valence-corrected chi connectivity index (χ1v) is 28.2. The maximum atomic E-state index is 12.6. The van der Waals surface area contributed by atoms with E-state index in [2.05, 4.69) is 49.3 Å². The summed E-state index contributed by atoms with van der Waals surface area (Å²) in [5, 5.41) is 42.6. The van der Waals surface area contributed by atoms with Crippen molar-refractivity contribution in [3.8, 4) is 5.75 Å². The molecule has 386 valence electrons. The summed E-state index contributed by atoms with van der Waals surface area (Å²) in [4.78, 5) is -2.28. The Morgan fingerprint density at radius 1 is 0.452 bits per heavy atom. The van der Waals surface area contributed by atoms with Gasteiger partial charge >= 0.3 is 20.8 Å². The Morgan fingerprint density at radius 3 is 1.48 bits per heavy atom. The summed E-state index contributed by atoms with van der Waals surface area (Å²) in [6.45, 7) is -0.886. The monoisotopic (exact) mass is 1130 g/mol. The topological polar surface area (TPSA) is 501 Å². The number of nitrogens with zero attached hydrogens (tertiary/aromatic N) is 8. The molecule has 30 nitrogen and oxygen atoms in total. The van der Waals surface area contributed by atoms with Gasteiger partial charge in [0, 0.05) is 6.07 Å². The lowest BCUT2D eigenvalue weighted by Crippen LogP contribution is -2.15. The molecule has 0 bridgehead atoms. The van der Waals surface area contributed by atoms with Gasteiger partial charge in [-0.1, -0.05) is 6.07 Å². The number of nitrogens with two attached hydrogens (primary N) is 3. The summed E-state index contributed by atoms with van der Waals surface area (Å²) in [7, 11) is -28.4. The molecule has 0 aliphatic rings. The summed E-state index contributed by atoms with van der Waals surface area (Å²) in [5.41, 5.74) is 16.1. The van der Waals surface area contributed by atoms with Gasteiger partial charge < -0.3 is 22.3 Å². The van der Waals surface area contributed by atoms with Gasteiger partial charge in [0.05, 0.1) is 66.6 Å². The number of rotatable bonds is 19. The van der Waals surface area contributed by atoms with Gasteiger partial charge in [0.15, 0.2) is 15.8 Å². The molecule has 0 amide bonds. The van der Waals surface area contributed by atoms with E-state index in [0.717, 1.165) is 72.8 Å². The minimum absolute atomic E-state index is 0.0222. The maximum absolute atomic E-state index is 12.6. The number of sulfone groups is 2. The van der Waals surface area contributed by atoms with Crippen LogP contribution in [0.1, 0.15) is 0 Å². The second-order valence-electron chi connectivity index (χ2n) is 14.4. The summed E-state index contributed by atoms with van der Waals surface area (Å²) < 4.78 is 188. The van der Waals surface area contributed by atoms with Crippen molar-refractivity contribution < 1.29 is 82.2 Å². The molecule has 0 atom stereocenters. The lowest BCUT2D eigenvalue weighted by molar-refractivity contribution is 0.283. The lowest BCUT2D eigenvalue weighted by Gasteiger charge is -2.10. The number of hydrogen-bond acceptors (Lipinski definition) is 26. The average Bonchev–Trinajstić information content (AvgIpc) is 3.29. The molecule has 0 saturated carbocycles. The van der Waals surface area contributed by atoms with Gasteiger partial charge in [0.25, 0.3) is 20.2 Å². The second-order valence-corrected chi connectivity index (χ2v) is 23.4. The third kappa shape index (κ3) is 14.2. The number of aromatic hydroxyl groups is 1. The van der Waals surface area contributed by atoms with E-state index in [9.17, 15) is 64.7 Å². The van der Waals surface area contributed by atoms with Crippen molar-refractivity contribution in [1.82, 2.24) is 0 Å². The zero-order valence-electron chi connectivity index (χ0n) is 36.1. The van der Waals surface area contributed by atoms with Gasteiger partial charge in [0.2, 0.25) is 9.84 Å². The van der Waals surface area contributed by atoms with E-state index in [4.69, 9.17) is 26.3 Å². The van der Waals surface area contributed by atoms with Crippen LogP contribution in [-0.4, -0.2) is 92.1 Å². The Bertz CT molecular complexity index is 4010. The normalized spacial score (nSPS) is 13.3. The maximum Gasteiger partial charge on any atom is 0.398 e. The van der Waals surface area contributed by atoms with Crippen molar-refractivity contribution in [3.05, 3.63) is 97.1 Å². The van der Waals surface area contributed by atoms with Crippen LogP contribution in [0.2, 0.25) is 0 Å². The molecule has 0 aliphatic carbocycles. The van der Waals surface area contributed by atoms with Gasteiger partial charge in [-0.25, -0.2) is 25.2 Å². The molecule has 0 saturated heterocycles. The highest BCUT2D eigenvalue weighted by atomic mass is 32.3. The molecule has 6 aromatic carbocycles. The fourth-order valence-corrected chi connectivity index (χ4v) is 10.3. The van der Waals surface area contributed by atoms with Crippen LogP contribution >= 0.6 is 0 Å². The van der Waals surface area contributed by atoms with Crippen LogP contribution in [0.3, 0.4) is 0 Å². The zero-order valence-corrected chi connectivity index (χ0v) is 41.0. The zero-order chi connectivity index (χ0) is 53.9. The first kappa shape index (κ1) is 55.0. The molecular formula is C37H33N11O19S6. The standard InChI is InChI=1S/C37H33N11O19S6/c38-27-11-1-20-15-26(70(54,55)56)17-31(49)33(20)36(27)47-44-28-12-6-23(16-32(28)71(57,58)59)43-46-30-18-29(45-41-21-2-7-24(8-3-21)68(50,51)14-13-66-72(60,61)62)34(39)37(35(30)40)48-42-22-4-9-25(10-5-22)69(52,53)19-67-73(63,64)65/h1-12,15-18,49H,13-14,19,38-40H2,(H,54,55,56)(H,57,58,59)(H,60,61,62)(H,63,64,65)/b45-41+,46-43+,47-44+,48-42+. The molecule has 6 aromatic rings. The molecule has 0 aliphatic heterocycles. The Labute approximate surface area is 412 Å². The van der Waals surface area contributed by atoms with Crippen LogP contribution in [0.5, 0.6) is 5.75 Å². The van der Waals surface area contributed by atoms with Gasteiger partial charge in [-0.15, -0.1) is 25.6 Å². The van der Waals surface area contributed by atoms with E-state index in [1.807, 2.05) is 0 Å². The molecule has 11 N–H and O–H groups in total. The van der Waals surface area contributed by atoms with E-state index in [1.165, 1.54) is 24.3 Å². The highest BCUT2D eigenvalue weighted by Crippen LogP contribution is 2.46. The predicted molar refractivity (Wildman–Crippen MR) is 255 cm³/mol. The van der Waals surface area contributed by atoms with Crippen molar-refractivity contribution in [2.24, 2.45) is 40.9 Å². The predicted octanol–water partition coefficient (Wildman–Crippen LogP) is 6.59. The van der Waals surface area contributed by atoms with Crippen molar-refractivity contribution in [3.63, 3.8) is 0 Å². The Morgan fingerprint density at radius 2 is 0.945 bits per heavy atom. The van der Waals surface area contributed by atoms with Gasteiger partial charge in [0.1, 0.15) is 39.1 Å². The van der Waals surface area contributed by atoms with Crippen molar-refractivity contribution in [2.45, 2.75) is 19.6 Å². The van der Waals surface area contributed by atoms with E-state index >= 15 is 0 Å². The number of fused-ring (bicyclic) bond motifs is 1. The van der Waals surface area contributed by atoms with Crippen molar-refractivity contribution >= 4 is 134 Å². The number of phenolic OH excluding ortho intramolecular Hbond substituents is 1. The molecule has 0 heterocycles. The minimum atomic E-state index is -5.13. The molecule has 0 fully saturated rings. The number of hydrogen-bond donors (Lipinski definition) is 8. The first-order chi connectivity index (χ1) is 33.8. The minimum Gasteiger partial charge on any atom is -0.507 e. The largest absolute Gasteiger partial charge is 0.507 e. The number of azo groups is 4. The second kappa shape index (κ2) is 21.0. The van der Waals surface area contributed by atoms with E-state index < -0.39 is 105 Å². The summed E-state index contributed by atoms with van der Waals surface area (Å²) in [6, 6.07) is 17.3. The third-order valence-electron chi connectivity index (χ3n) is 9.33. The number of anilines is 3. The Balaban J connectivity index is 1.37. The van der Waals surface area contributed by atoms with Crippen molar-refractivity contribution in [1.29, 1.82) is 0 Å². The van der Waals surface area contributed by atoms with Crippen LogP contribution < -0.4 is 17.2 Å². The Hall–Kier alpha value is -7.36. The highest BCUT2D eigenvalue weighted by molar-refractivity contribution is 7.92. The van der Waals surface area contributed by atoms with Crippen LogP contribution in [0.4, 0.5) is 62.6 Å². The van der Waals surface area contributed by atoms with E-state index in [1.54, 1.807) is 0 Å². The van der Waals surface area contributed by atoms with Crippen LogP contribution in [0, 0.1) is 0 Å².